The maximum absolute atomic E-state index is 13.2. The largest absolute Gasteiger partial charge is 0.352 e. The molecular weight excluding hydrogens is 395 g/mol. The SMILES string of the molecule is Cc1cc(NC(=O)CCNC(=O)c2ccc3ccccc3c2)n(-c2ccc(F)cc2)n1. The second kappa shape index (κ2) is 8.79. The Morgan fingerprint density at radius 2 is 1.71 bits per heavy atom. The first kappa shape index (κ1) is 20.3. The van der Waals surface area contributed by atoms with E-state index < -0.39 is 0 Å². The molecule has 0 atom stereocenters. The van der Waals surface area contributed by atoms with Gasteiger partial charge in [-0.1, -0.05) is 30.3 Å². The van der Waals surface area contributed by atoms with Gasteiger partial charge in [-0.2, -0.15) is 5.10 Å². The molecular formula is C24H21FN4O2. The molecule has 0 saturated heterocycles. The Morgan fingerprint density at radius 1 is 0.968 bits per heavy atom. The Kier molecular flexibility index (Phi) is 5.75. The van der Waals surface area contributed by atoms with Gasteiger partial charge in [-0.25, -0.2) is 9.07 Å². The third kappa shape index (κ3) is 4.78. The van der Waals surface area contributed by atoms with Crippen LogP contribution in [0.1, 0.15) is 22.5 Å². The van der Waals surface area contributed by atoms with E-state index in [1.165, 1.54) is 12.1 Å². The van der Waals surface area contributed by atoms with Crippen molar-refractivity contribution in [2.24, 2.45) is 0 Å². The summed E-state index contributed by atoms with van der Waals surface area (Å²) in [5.41, 5.74) is 1.89. The van der Waals surface area contributed by atoms with E-state index in [-0.39, 0.29) is 30.6 Å². The predicted molar refractivity (Wildman–Crippen MR) is 118 cm³/mol. The van der Waals surface area contributed by atoms with Crippen molar-refractivity contribution in [3.05, 3.63) is 89.9 Å². The number of benzene rings is 3. The van der Waals surface area contributed by atoms with Crippen molar-refractivity contribution in [3.8, 4) is 5.69 Å². The highest BCUT2D eigenvalue weighted by atomic mass is 19.1. The van der Waals surface area contributed by atoms with E-state index >= 15 is 0 Å². The van der Waals surface area contributed by atoms with Crippen LogP contribution in [0.15, 0.2) is 72.8 Å². The van der Waals surface area contributed by atoms with Crippen molar-refractivity contribution in [2.75, 3.05) is 11.9 Å². The van der Waals surface area contributed by atoms with Crippen LogP contribution in [0, 0.1) is 12.7 Å². The van der Waals surface area contributed by atoms with Crippen LogP contribution in [0.3, 0.4) is 0 Å². The molecule has 3 aromatic carbocycles. The van der Waals surface area contributed by atoms with E-state index in [4.69, 9.17) is 0 Å². The number of carbonyl (C=O) groups excluding carboxylic acids is 2. The number of nitrogens with one attached hydrogen (secondary N) is 2. The van der Waals surface area contributed by atoms with Crippen molar-refractivity contribution in [1.29, 1.82) is 0 Å². The van der Waals surface area contributed by atoms with E-state index in [1.54, 1.807) is 35.9 Å². The summed E-state index contributed by atoms with van der Waals surface area (Å²) in [6.45, 7) is 2.00. The van der Waals surface area contributed by atoms with Gasteiger partial charge in [0.1, 0.15) is 11.6 Å². The Hall–Kier alpha value is -4.00. The third-order valence-corrected chi connectivity index (χ3v) is 4.82. The van der Waals surface area contributed by atoms with Gasteiger partial charge >= 0.3 is 0 Å². The number of nitrogens with zero attached hydrogens (tertiary/aromatic N) is 2. The first-order valence-corrected chi connectivity index (χ1v) is 9.89. The summed E-state index contributed by atoms with van der Waals surface area (Å²) in [5, 5.41) is 12.0. The van der Waals surface area contributed by atoms with E-state index in [0.29, 0.717) is 22.8 Å². The average molecular weight is 416 g/mol. The average Bonchev–Trinajstić information content (AvgIpc) is 3.13. The second-order valence-electron chi connectivity index (χ2n) is 7.18. The minimum absolute atomic E-state index is 0.104. The number of hydrogen-bond donors (Lipinski definition) is 2. The summed E-state index contributed by atoms with van der Waals surface area (Å²) < 4.78 is 14.7. The summed E-state index contributed by atoms with van der Waals surface area (Å²) in [7, 11) is 0. The fourth-order valence-corrected chi connectivity index (χ4v) is 3.30. The molecule has 4 rings (SSSR count). The third-order valence-electron chi connectivity index (χ3n) is 4.82. The normalized spacial score (nSPS) is 10.8. The number of rotatable bonds is 6. The second-order valence-corrected chi connectivity index (χ2v) is 7.18. The lowest BCUT2D eigenvalue weighted by Gasteiger charge is -2.10. The van der Waals surface area contributed by atoms with Crippen LogP contribution in [-0.2, 0) is 4.79 Å². The van der Waals surface area contributed by atoms with Crippen LogP contribution in [0.2, 0.25) is 0 Å². The molecule has 31 heavy (non-hydrogen) atoms. The summed E-state index contributed by atoms with van der Waals surface area (Å²) in [6.07, 6.45) is 0.104. The smallest absolute Gasteiger partial charge is 0.251 e. The fraction of sp³-hybridized carbons (Fsp3) is 0.125. The Morgan fingerprint density at radius 3 is 2.48 bits per heavy atom. The minimum atomic E-state index is -0.347. The number of halogens is 1. The molecule has 6 nitrogen and oxygen atoms in total. The molecule has 0 aliphatic rings. The standard InChI is InChI=1S/C24H21FN4O2/c1-16-14-22(29(28-16)21-10-8-20(25)9-11-21)27-23(30)12-13-26-24(31)19-7-6-17-4-2-3-5-18(17)15-19/h2-11,14-15H,12-13H2,1H3,(H,26,31)(H,27,30). The van der Waals surface area contributed by atoms with Gasteiger partial charge in [0.15, 0.2) is 0 Å². The maximum atomic E-state index is 13.2. The molecule has 0 fully saturated rings. The molecule has 2 amide bonds. The zero-order chi connectivity index (χ0) is 21.8. The highest BCUT2D eigenvalue weighted by Gasteiger charge is 2.12. The Labute approximate surface area is 178 Å². The first-order chi connectivity index (χ1) is 15.0. The van der Waals surface area contributed by atoms with Gasteiger partial charge < -0.3 is 10.6 Å². The van der Waals surface area contributed by atoms with Gasteiger partial charge in [0.2, 0.25) is 5.91 Å². The summed E-state index contributed by atoms with van der Waals surface area (Å²) >= 11 is 0. The van der Waals surface area contributed by atoms with Gasteiger partial charge in [0, 0.05) is 24.6 Å². The van der Waals surface area contributed by atoms with Gasteiger partial charge in [-0.15, -0.1) is 0 Å². The Balaban J connectivity index is 1.35. The maximum Gasteiger partial charge on any atom is 0.251 e. The lowest BCUT2D eigenvalue weighted by molar-refractivity contribution is -0.116. The highest BCUT2D eigenvalue weighted by Crippen LogP contribution is 2.18. The van der Waals surface area contributed by atoms with Gasteiger partial charge in [-0.3, -0.25) is 9.59 Å². The molecule has 156 valence electrons. The topological polar surface area (TPSA) is 76.0 Å². The van der Waals surface area contributed by atoms with Crippen LogP contribution in [0.5, 0.6) is 0 Å². The number of amides is 2. The summed E-state index contributed by atoms with van der Waals surface area (Å²) in [6, 6.07) is 20.9. The molecule has 0 unspecified atom stereocenters. The number of hydrogen-bond acceptors (Lipinski definition) is 3. The quantitative estimate of drug-likeness (QED) is 0.494. The lowest BCUT2D eigenvalue weighted by Crippen LogP contribution is -2.28. The zero-order valence-corrected chi connectivity index (χ0v) is 16.9. The summed E-state index contributed by atoms with van der Waals surface area (Å²) in [4.78, 5) is 24.8. The van der Waals surface area contributed by atoms with Crippen LogP contribution in [-0.4, -0.2) is 28.1 Å². The zero-order valence-electron chi connectivity index (χ0n) is 16.9. The monoisotopic (exact) mass is 416 g/mol. The van der Waals surface area contributed by atoms with Gasteiger partial charge in [0.05, 0.1) is 11.4 Å². The molecule has 0 bridgehead atoms. The lowest BCUT2D eigenvalue weighted by atomic mass is 10.1. The molecule has 7 heteroatoms. The van der Waals surface area contributed by atoms with Crippen molar-refractivity contribution in [1.82, 2.24) is 15.1 Å². The molecule has 0 spiro atoms. The number of aryl methyl sites for hydroxylation is 1. The van der Waals surface area contributed by atoms with E-state index in [1.807, 2.05) is 36.4 Å². The van der Waals surface area contributed by atoms with Crippen LogP contribution in [0.25, 0.3) is 16.5 Å². The fourth-order valence-electron chi connectivity index (χ4n) is 3.30. The molecule has 0 aliphatic carbocycles. The molecule has 0 saturated carbocycles. The number of carbonyl (C=O) groups is 2. The van der Waals surface area contributed by atoms with Gasteiger partial charge in [0.25, 0.3) is 5.91 Å². The number of fused-ring (bicyclic) bond motifs is 1. The molecule has 0 aliphatic heterocycles. The minimum Gasteiger partial charge on any atom is -0.352 e. The van der Waals surface area contributed by atoms with E-state index in [9.17, 15) is 14.0 Å². The first-order valence-electron chi connectivity index (χ1n) is 9.89. The molecule has 1 heterocycles. The van der Waals surface area contributed by atoms with E-state index in [0.717, 1.165) is 10.8 Å². The predicted octanol–water partition coefficient (Wildman–Crippen LogP) is 4.23. The molecule has 0 radical (unpaired) electrons. The summed E-state index contributed by atoms with van der Waals surface area (Å²) in [5.74, 6) is -0.358. The van der Waals surface area contributed by atoms with Crippen molar-refractivity contribution >= 4 is 28.4 Å². The van der Waals surface area contributed by atoms with Crippen LogP contribution < -0.4 is 10.6 Å². The molecule has 4 aromatic rings. The Bertz CT molecular complexity index is 1250. The van der Waals surface area contributed by atoms with Crippen LogP contribution in [0.4, 0.5) is 10.2 Å². The van der Waals surface area contributed by atoms with E-state index in [2.05, 4.69) is 15.7 Å². The van der Waals surface area contributed by atoms with Crippen molar-refractivity contribution in [3.63, 3.8) is 0 Å². The number of anilines is 1. The number of aromatic nitrogens is 2. The van der Waals surface area contributed by atoms with Crippen molar-refractivity contribution in [2.45, 2.75) is 13.3 Å². The molecule has 2 N–H and O–H groups in total. The molecule has 1 aromatic heterocycles. The van der Waals surface area contributed by atoms with Crippen LogP contribution >= 0.6 is 0 Å². The van der Waals surface area contributed by atoms with Crippen molar-refractivity contribution < 1.29 is 14.0 Å². The highest BCUT2D eigenvalue weighted by molar-refractivity contribution is 5.99. The van der Waals surface area contributed by atoms with Gasteiger partial charge in [-0.05, 0) is 54.1 Å².